The number of hydrogen-bond acceptors (Lipinski definition) is 9. The van der Waals surface area contributed by atoms with Gasteiger partial charge in [0.15, 0.2) is 17.3 Å². The first-order valence-electron chi connectivity index (χ1n) is 13.3. The predicted octanol–water partition coefficient (Wildman–Crippen LogP) is 3.82. The summed E-state index contributed by atoms with van der Waals surface area (Å²) in [5.74, 6) is 2.14. The predicted molar refractivity (Wildman–Crippen MR) is 146 cm³/mol. The maximum atomic E-state index is 13.6. The molecule has 0 bridgehead atoms. The van der Waals surface area contributed by atoms with Gasteiger partial charge in [-0.25, -0.2) is 0 Å². The molecule has 2 aromatic carbocycles. The van der Waals surface area contributed by atoms with Crippen molar-refractivity contribution in [2.24, 2.45) is 5.92 Å². The minimum atomic E-state index is -0.0896. The Morgan fingerprint density at radius 1 is 1.10 bits per heavy atom. The fourth-order valence-electron chi connectivity index (χ4n) is 4.53. The maximum absolute atomic E-state index is 13.6. The summed E-state index contributed by atoms with van der Waals surface area (Å²) in [7, 11) is 3.24. The number of nitrogens with one attached hydrogen (secondary N) is 1. The van der Waals surface area contributed by atoms with Gasteiger partial charge in [0.05, 0.1) is 19.8 Å². The number of methoxy groups -OCH3 is 2. The van der Waals surface area contributed by atoms with Gasteiger partial charge in [-0.05, 0) is 44.2 Å². The van der Waals surface area contributed by atoms with Crippen LogP contribution in [0.15, 0.2) is 53.1 Å². The fourth-order valence-corrected chi connectivity index (χ4v) is 4.53. The third-order valence-corrected chi connectivity index (χ3v) is 6.67. The second-order valence-corrected chi connectivity index (χ2v) is 9.76. The van der Waals surface area contributed by atoms with Crippen molar-refractivity contribution < 1.29 is 28.3 Å². The van der Waals surface area contributed by atoms with E-state index in [-0.39, 0.29) is 30.6 Å². The summed E-state index contributed by atoms with van der Waals surface area (Å²) in [5.41, 5.74) is 1.42. The molecule has 0 aliphatic carbocycles. The van der Waals surface area contributed by atoms with E-state index in [9.17, 15) is 4.79 Å². The Balaban J connectivity index is 1.39. The molecule has 1 N–H and O–H groups in total. The number of amides is 1. The van der Waals surface area contributed by atoms with Crippen LogP contribution in [0, 0.1) is 5.92 Å². The van der Waals surface area contributed by atoms with E-state index < -0.39 is 0 Å². The average molecular weight is 539 g/mol. The van der Waals surface area contributed by atoms with E-state index in [1.165, 1.54) is 0 Å². The highest BCUT2D eigenvalue weighted by molar-refractivity contribution is 5.95. The molecule has 1 aromatic heterocycles. The van der Waals surface area contributed by atoms with E-state index >= 15 is 0 Å². The zero-order valence-electron chi connectivity index (χ0n) is 23.1. The number of rotatable bonds is 14. The van der Waals surface area contributed by atoms with Gasteiger partial charge in [-0.1, -0.05) is 23.4 Å². The highest BCUT2D eigenvalue weighted by Gasteiger charge is 2.33. The normalized spacial score (nSPS) is 16.9. The number of hydrogen-bond donors (Lipinski definition) is 1. The highest BCUT2D eigenvalue weighted by Crippen LogP contribution is 2.29. The Bertz CT molecular complexity index is 1190. The first-order valence-corrected chi connectivity index (χ1v) is 13.3. The lowest BCUT2D eigenvalue weighted by molar-refractivity contribution is 0.00944. The van der Waals surface area contributed by atoms with Gasteiger partial charge < -0.3 is 33.7 Å². The molecule has 2 atom stereocenters. The van der Waals surface area contributed by atoms with Crippen molar-refractivity contribution in [2.75, 3.05) is 47.1 Å². The lowest BCUT2D eigenvalue weighted by atomic mass is 10.0. The summed E-state index contributed by atoms with van der Waals surface area (Å²) in [5, 5.41) is 7.46. The fraction of sp³-hybridized carbons (Fsp3) is 0.483. The largest absolute Gasteiger partial charge is 0.493 e. The van der Waals surface area contributed by atoms with Gasteiger partial charge in [-0.2, -0.15) is 4.98 Å². The molecule has 210 valence electrons. The van der Waals surface area contributed by atoms with Crippen molar-refractivity contribution >= 4 is 5.91 Å². The summed E-state index contributed by atoms with van der Waals surface area (Å²) in [6, 6.07) is 14.9. The molecular formula is C29H38N4O6. The molecule has 4 rings (SSSR count). The molecule has 0 unspecified atom stereocenters. The molecular weight excluding hydrogens is 500 g/mol. The Labute approximate surface area is 229 Å². The monoisotopic (exact) mass is 538 g/mol. The van der Waals surface area contributed by atoms with Crippen molar-refractivity contribution in [3.63, 3.8) is 0 Å². The second kappa shape index (κ2) is 14.1. The van der Waals surface area contributed by atoms with Crippen LogP contribution in [0.5, 0.6) is 11.5 Å². The Morgan fingerprint density at radius 2 is 1.92 bits per heavy atom. The molecule has 39 heavy (non-hydrogen) atoms. The van der Waals surface area contributed by atoms with E-state index in [2.05, 4.69) is 15.5 Å². The summed E-state index contributed by atoms with van der Waals surface area (Å²) < 4.78 is 28.0. The first kappa shape index (κ1) is 28.5. The molecule has 1 fully saturated rings. The van der Waals surface area contributed by atoms with E-state index in [1.54, 1.807) is 32.4 Å². The zero-order chi connectivity index (χ0) is 27.6. The minimum Gasteiger partial charge on any atom is -0.493 e. The summed E-state index contributed by atoms with van der Waals surface area (Å²) in [6.45, 7) is 7.33. The molecule has 1 saturated heterocycles. The van der Waals surface area contributed by atoms with Gasteiger partial charge in [0.25, 0.3) is 11.8 Å². The van der Waals surface area contributed by atoms with Crippen molar-refractivity contribution in [3.05, 3.63) is 59.9 Å². The number of benzene rings is 2. The number of ether oxygens (including phenoxy) is 4. The lowest BCUT2D eigenvalue weighted by Gasteiger charge is -2.31. The van der Waals surface area contributed by atoms with Crippen LogP contribution < -0.4 is 14.8 Å². The van der Waals surface area contributed by atoms with Crippen molar-refractivity contribution in [1.82, 2.24) is 20.4 Å². The number of carbonyl (C=O) groups is 1. The summed E-state index contributed by atoms with van der Waals surface area (Å²) >= 11 is 0. The van der Waals surface area contributed by atoms with E-state index in [4.69, 9.17) is 23.5 Å². The van der Waals surface area contributed by atoms with Crippen LogP contribution in [0.3, 0.4) is 0 Å². The Hall–Kier alpha value is -3.47. The topological polar surface area (TPSA) is 108 Å². The number of nitrogens with zero attached hydrogens (tertiary/aromatic N) is 3. The molecule has 0 saturated carbocycles. The smallest absolute Gasteiger partial charge is 0.258 e. The van der Waals surface area contributed by atoms with Gasteiger partial charge in [-0.15, -0.1) is 0 Å². The summed E-state index contributed by atoms with van der Waals surface area (Å²) in [6.07, 6.45) is 0.650. The van der Waals surface area contributed by atoms with Gasteiger partial charge in [0.1, 0.15) is 6.61 Å². The van der Waals surface area contributed by atoms with Gasteiger partial charge >= 0.3 is 0 Å². The van der Waals surface area contributed by atoms with Crippen LogP contribution in [0.25, 0.3) is 11.5 Å². The van der Waals surface area contributed by atoms with Crippen LogP contribution in [0.4, 0.5) is 0 Å². The molecule has 0 radical (unpaired) electrons. The third kappa shape index (κ3) is 7.56. The Morgan fingerprint density at radius 3 is 2.67 bits per heavy atom. The van der Waals surface area contributed by atoms with Gasteiger partial charge in [0, 0.05) is 62.9 Å². The molecule has 1 aliphatic heterocycles. The SMILES string of the molecule is COCCCOc1cc(C(=O)N(C[C@@H]2CNC[C@@H]2OCc2noc(-c3ccccc3)n2)C(C)C)ccc1OC. The molecule has 10 heteroatoms. The van der Waals surface area contributed by atoms with E-state index in [1.807, 2.05) is 49.1 Å². The van der Waals surface area contributed by atoms with Crippen molar-refractivity contribution in [1.29, 1.82) is 0 Å². The number of aromatic nitrogens is 2. The van der Waals surface area contributed by atoms with Crippen LogP contribution in [0.2, 0.25) is 0 Å². The summed E-state index contributed by atoms with van der Waals surface area (Å²) in [4.78, 5) is 20.0. The molecule has 10 nitrogen and oxygen atoms in total. The minimum absolute atomic E-state index is 0.00226. The van der Waals surface area contributed by atoms with Crippen molar-refractivity contribution in [2.45, 2.75) is 39.0 Å². The first-order chi connectivity index (χ1) is 19.0. The Kier molecular flexibility index (Phi) is 10.3. The molecule has 1 amide bonds. The van der Waals surface area contributed by atoms with Crippen LogP contribution >= 0.6 is 0 Å². The standard InChI is InChI=1S/C29H38N4O6/c1-20(2)33(29(34)22-11-12-24(36-4)25(15-22)37-14-8-13-35-3)18-23-16-30-17-26(23)38-19-27-31-28(39-32-27)21-9-6-5-7-10-21/h5-7,9-12,15,20,23,26,30H,8,13-14,16-19H2,1-4H3/t23-,26-/m0/s1. The highest BCUT2D eigenvalue weighted by atomic mass is 16.5. The van der Waals surface area contributed by atoms with Gasteiger partial charge in [-0.3, -0.25) is 4.79 Å². The lowest BCUT2D eigenvalue weighted by Crippen LogP contribution is -2.43. The van der Waals surface area contributed by atoms with E-state index in [0.29, 0.717) is 55.1 Å². The van der Waals surface area contributed by atoms with Crippen molar-refractivity contribution in [3.8, 4) is 23.0 Å². The van der Waals surface area contributed by atoms with Crippen LogP contribution in [0.1, 0.15) is 36.5 Å². The molecule has 1 aliphatic rings. The van der Waals surface area contributed by atoms with Gasteiger partial charge in [0.2, 0.25) is 0 Å². The molecule has 2 heterocycles. The van der Waals surface area contributed by atoms with E-state index in [0.717, 1.165) is 18.5 Å². The molecule has 3 aromatic rings. The molecule has 0 spiro atoms. The third-order valence-electron chi connectivity index (χ3n) is 6.67. The van der Waals surface area contributed by atoms with Crippen LogP contribution in [-0.4, -0.2) is 80.2 Å². The zero-order valence-corrected chi connectivity index (χ0v) is 23.1. The maximum Gasteiger partial charge on any atom is 0.258 e. The quantitative estimate of drug-likeness (QED) is 0.307. The average Bonchev–Trinajstić information content (AvgIpc) is 3.62. The van der Waals surface area contributed by atoms with Crippen LogP contribution in [-0.2, 0) is 16.1 Å². The number of carbonyl (C=O) groups excluding carboxylic acids is 1. The second-order valence-electron chi connectivity index (χ2n) is 9.76.